The smallest absolute Gasteiger partial charge is 0.245 e. The minimum atomic E-state index is -3.63. The van der Waals surface area contributed by atoms with Crippen molar-refractivity contribution in [2.75, 3.05) is 38.5 Å². The van der Waals surface area contributed by atoms with Crippen LogP contribution in [0.25, 0.3) is 0 Å². The molecule has 112 valence electrons. The van der Waals surface area contributed by atoms with Gasteiger partial charge in [0.25, 0.3) is 0 Å². The van der Waals surface area contributed by atoms with E-state index in [1.807, 2.05) is 0 Å². The van der Waals surface area contributed by atoms with E-state index in [1.54, 1.807) is 0 Å². The van der Waals surface area contributed by atoms with Crippen molar-refractivity contribution in [3.8, 4) is 0 Å². The maximum atomic E-state index is 13.0. The van der Waals surface area contributed by atoms with E-state index in [-0.39, 0.29) is 10.6 Å². The lowest BCUT2D eigenvalue weighted by Crippen LogP contribution is -2.48. The van der Waals surface area contributed by atoms with Crippen LogP contribution >= 0.6 is 0 Å². The monoisotopic (exact) mass is 301 g/mol. The molecule has 1 aliphatic heterocycles. The Morgan fingerprint density at radius 1 is 1.25 bits per heavy atom. The number of nitrogen functional groups attached to an aromatic ring is 1. The van der Waals surface area contributed by atoms with E-state index in [1.165, 1.54) is 10.4 Å². The molecule has 0 aliphatic carbocycles. The van der Waals surface area contributed by atoms with Crippen molar-refractivity contribution < 1.29 is 12.8 Å². The Balaban J connectivity index is 2.15. The van der Waals surface area contributed by atoms with Crippen LogP contribution in [-0.4, -0.2) is 50.3 Å². The molecule has 2 rings (SSSR count). The van der Waals surface area contributed by atoms with Crippen LogP contribution in [0.2, 0.25) is 0 Å². The van der Waals surface area contributed by atoms with Crippen molar-refractivity contribution in [2.24, 2.45) is 0 Å². The largest absolute Gasteiger partial charge is 0.398 e. The highest BCUT2D eigenvalue weighted by Gasteiger charge is 2.29. The van der Waals surface area contributed by atoms with Crippen LogP contribution in [0.4, 0.5) is 10.1 Å². The SMILES string of the molecule is CCCN1CCN(S(=O)(=O)c2ccc(F)cc2N)CC1. The van der Waals surface area contributed by atoms with Crippen molar-refractivity contribution in [1.82, 2.24) is 9.21 Å². The molecule has 1 saturated heterocycles. The summed E-state index contributed by atoms with van der Waals surface area (Å²) >= 11 is 0. The molecule has 0 atom stereocenters. The fourth-order valence-electron chi connectivity index (χ4n) is 2.40. The first-order valence-corrected chi connectivity index (χ1v) is 8.16. The number of benzene rings is 1. The van der Waals surface area contributed by atoms with E-state index in [0.29, 0.717) is 26.2 Å². The van der Waals surface area contributed by atoms with Gasteiger partial charge in [0, 0.05) is 26.2 Å². The third kappa shape index (κ3) is 3.11. The van der Waals surface area contributed by atoms with Crippen LogP contribution in [0.15, 0.2) is 23.1 Å². The maximum absolute atomic E-state index is 13.0. The Morgan fingerprint density at radius 3 is 2.45 bits per heavy atom. The van der Waals surface area contributed by atoms with Crippen molar-refractivity contribution in [3.05, 3.63) is 24.0 Å². The van der Waals surface area contributed by atoms with E-state index in [0.717, 1.165) is 25.1 Å². The number of nitrogens with two attached hydrogens (primary N) is 1. The van der Waals surface area contributed by atoms with E-state index in [9.17, 15) is 12.8 Å². The lowest BCUT2D eigenvalue weighted by Gasteiger charge is -2.33. The molecular weight excluding hydrogens is 281 g/mol. The van der Waals surface area contributed by atoms with E-state index in [4.69, 9.17) is 5.73 Å². The molecule has 0 saturated carbocycles. The predicted octanol–water partition coefficient (Wildman–Crippen LogP) is 1.12. The normalized spacial score (nSPS) is 18.3. The zero-order valence-electron chi connectivity index (χ0n) is 11.5. The molecule has 20 heavy (non-hydrogen) atoms. The number of hydrogen-bond acceptors (Lipinski definition) is 4. The number of anilines is 1. The first kappa shape index (κ1) is 15.2. The van der Waals surface area contributed by atoms with Crippen molar-refractivity contribution in [3.63, 3.8) is 0 Å². The quantitative estimate of drug-likeness (QED) is 0.847. The van der Waals surface area contributed by atoms with Crippen LogP contribution < -0.4 is 5.73 Å². The molecule has 0 bridgehead atoms. The predicted molar refractivity (Wildman–Crippen MR) is 76.3 cm³/mol. The maximum Gasteiger partial charge on any atom is 0.245 e. The van der Waals surface area contributed by atoms with Gasteiger partial charge >= 0.3 is 0 Å². The van der Waals surface area contributed by atoms with Gasteiger partial charge < -0.3 is 10.6 Å². The summed E-state index contributed by atoms with van der Waals surface area (Å²) in [4.78, 5) is 2.22. The van der Waals surface area contributed by atoms with E-state index < -0.39 is 15.8 Å². The summed E-state index contributed by atoms with van der Waals surface area (Å²) in [6.07, 6.45) is 1.05. The molecule has 1 aromatic rings. The van der Waals surface area contributed by atoms with Gasteiger partial charge in [0.2, 0.25) is 10.0 Å². The first-order valence-electron chi connectivity index (χ1n) is 6.72. The molecule has 0 aromatic heterocycles. The summed E-state index contributed by atoms with van der Waals surface area (Å²) in [6.45, 7) is 5.40. The molecule has 1 aliphatic rings. The molecule has 2 N–H and O–H groups in total. The molecule has 5 nitrogen and oxygen atoms in total. The van der Waals surface area contributed by atoms with Crippen LogP contribution in [0.1, 0.15) is 13.3 Å². The lowest BCUT2D eigenvalue weighted by molar-refractivity contribution is 0.189. The van der Waals surface area contributed by atoms with Gasteiger partial charge in [0.1, 0.15) is 10.7 Å². The summed E-state index contributed by atoms with van der Waals surface area (Å²) in [6, 6.07) is 3.40. The summed E-state index contributed by atoms with van der Waals surface area (Å²) in [7, 11) is -3.63. The number of hydrogen-bond donors (Lipinski definition) is 1. The molecule has 0 unspecified atom stereocenters. The Hall–Kier alpha value is -1.18. The summed E-state index contributed by atoms with van der Waals surface area (Å²) < 4.78 is 39.4. The topological polar surface area (TPSA) is 66.6 Å². The highest BCUT2D eigenvalue weighted by atomic mass is 32.2. The van der Waals surface area contributed by atoms with Gasteiger partial charge in [-0.25, -0.2) is 12.8 Å². The zero-order valence-corrected chi connectivity index (χ0v) is 12.4. The summed E-state index contributed by atoms with van der Waals surface area (Å²) in [5.41, 5.74) is 5.59. The molecule has 1 aromatic carbocycles. The van der Waals surface area contributed by atoms with Gasteiger partial charge in [-0.05, 0) is 31.2 Å². The number of nitrogens with zero attached hydrogens (tertiary/aromatic N) is 2. The van der Waals surface area contributed by atoms with Crippen molar-refractivity contribution >= 4 is 15.7 Å². The Morgan fingerprint density at radius 2 is 1.90 bits per heavy atom. The molecule has 1 fully saturated rings. The molecule has 0 amide bonds. The van der Waals surface area contributed by atoms with Gasteiger partial charge in [0.15, 0.2) is 0 Å². The second kappa shape index (κ2) is 6.07. The van der Waals surface area contributed by atoms with Gasteiger partial charge in [0.05, 0.1) is 5.69 Å². The van der Waals surface area contributed by atoms with Crippen LogP contribution in [0.3, 0.4) is 0 Å². The fourth-order valence-corrected chi connectivity index (χ4v) is 3.92. The van der Waals surface area contributed by atoms with Crippen LogP contribution in [-0.2, 0) is 10.0 Å². The average molecular weight is 301 g/mol. The molecule has 0 radical (unpaired) electrons. The second-order valence-electron chi connectivity index (χ2n) is 4.93. The number of piperazine rings is 1. The number of sulfonamides is 1. The number of rotatable bonds is 4. The number of halogens is 1. The molecular formula is C13H20FN3O2S. The average Bonchev–Trinajstić information content (AvgIpc) is 2.39. The Kier molecular flexibility index (Phi) is 4.62. The summed E-state index contributed by atoms with van der Waals surface area (Å²) in [5, 5.41) is 0. The van der Waals surface area contributed by atoms with Gasteiger partial charge in [-0.2, -0.15) is 4.31 Å². The minimum absolute atomic E-state index is 0.0113. The first-order chi connectivity index (χ1) is 9.45. The zero-order chi connectivity index (χ0) is 14.8. The molecule has 1 heterocycles. The Bertz CT molecular complexity index is 569. The third-order valence-electron chi connectivity index (χ3n) is 3.46. The second-order valence-corrected chi connectivity index (χ2v) is 6.83. The third-order valence-corrected chi connectivity index (χ3v) is 5.43. The fraction of sp³-hybridized carbons (Fsp3) is 0.538. The van der Waals surface area contributed by atoms with Crippen LogP contribution in [0.5, 0.6) is 0 Å². The molecule has 7 heteroatoms. The van der Waals surface area contributed by atoms with Gasteiger partial charge in [-0.1, -0.05) is 6.92 Å². The van der Waals surface area contributed by atoms with E-state index >= 15 is 0 Å². The Labute approximate surface area is 119 Å². The standard InChI is InChI=1S/C13H20FN3O2S/c1-2-5-16-6-8-17(9-7-16)20(18,19)13-4-3-11(14)10-12(13)15/h3-4,10H,2,5-9,15H2,1H3. The van der Waals surface area contributed by atoms with Crippen LogP contribution in [0, 0.1) is 5.82 Å². The van der Waals surface area contributed by atoms with Gasteiger partial charge in [-0.3, -0.25) is 0 Å². The summed E-state index contributed by atoms with van der Waals surface area (Å²) in [5.74, 6) is -0.533. The van der Waals surface area contributed by atoms with Crippen molar-refractivity contribution in [1.29, 1.82) is 0 Å². The van der Waals surface area contributed by atoms with Gasteiger partial charge in [-0.15, -0.1) is 0 Å². The highest BCUT2D eigenvalue weighted by Crippen LogP contribution is 2.24. The lowest BCUT2D eigenvalue weighted by atomic mass is 10.3. The minimum Gasteiger partial charge on any atom is -0.398 e. The molecule has 0 spiro atoms. The van der Waals surface area contributed by atoms with E-state index in [2.05, 4.69) is 11.8 Å². The van der Waals surface area contributed by atoms with Crippen molar-refractivity contribution in [2.45, 2.75) is 18.2 Å². The highest BCUT2D eigenvalue weighted by molar-refractivity contribution is 7.89.